The molecule has 0 aromatic rings. The number of hydrogen-bond donors (Lipinski definition) is 1. The van der Waals surface area contributed by atoms with Crippen LogP contribution in [0.3, 0.4) is 0 Å². The first kappa shape index (κ1) is 9.53. The molecule has 1 N–H and O–H groups in total. The summed E-state index contributed by atoms with van der Waals surface area (Å²) in [5, 5.41) is 9.58. The van der Waals surface area contributed by atoms with Gasteiger partial charge in [-0.05, 0) is 45.1 Å². The molecule has 0 spiro atoms. The summed E-state index contributed by atoms with van der Waals surface area (Å²) in [7, 11) is 0. The predicted octanol–water partition coefficient (Wildman–Crippen LogP) is 2.81. The van der Waals surface area contributed by atoms with E-state index in [9.17, 15) is 5.11 Å². The summed E-state index contributed by atoms with van der Waals surface area (Å²) < 4.78 is 0. The first-order valence-corrected chi connectivity index (χ1v) is 4.70. The fourth-order valence-corrected chi connectivity index (χ4v) is 1.46. The molecule has 0 aromatic carbocycles. The highest BCUT2D eigenvalue weighted by Gasteiger charge is 2.12. The van der Waals surface area contributed by atoms with Crippen LogP contribution >= 0.6 is 0 Å². The molecule has 1 aliphatic rings. The van der Waals surface area contributed by atoms with Crippen molar-refractivity contribution in [1.82, 2.24) is 0 Å². The molecule has 1 heteroatoms. The fourth-order valence-electron chi connectivity index (χ4n) is 1.46. The van der Waals surface area contributed by atoms with Crippen molar-refractivity contribution in [2.45, 2.75) is 45.6 Å². The van der Waals surface area contributed by atoms with Crippen LogP contribution in [0.4, 0.5) is 0 Å². The van der Waals surface area contributed by atoms with E-state index in [2.05, 4.69) is 26.0 Å². The lowest BCUT2D eigenvalue weighted by molar-refractivity contribution is 0.189. The van der Waals surface area contributed by atoms with Gasteiger partial charge in [-0.3, -0.25) is 0 Å². The van der Waals surface area contributed by atoms with Gasteiger partial charge in [0.25, 0.3) is 0 Å². The highest BCUT2D eigenvalue weighted by Crippen LogP contribution is 2.21. The van der Waals surface area contributed by atoms with Crippen LogP contribution in [0.5, 0.6) is 0 Å². The minimum absolute atomic E-state index is 0.172. The van der Waals surface area contributed by atoms with Gasteiger partial charge in [-0.25, -0.2) is 0 Å². The minimum Gasteiger partial charge on any atom is -0.389 e. The van der Waals surface area contributed by atoms with Gasteiger partial charge < -0.3 is 5.11 Å². The van der Waals surface area contributed by atoms with Crippen molar-refractivity contribution in [2.75, 3.05) is 0 Å². The summed E-state index contributed by atoms with van der Waals surface area (Å²) in [6, 6.07) is 0. The van der Waals surface area contributed by atoms with Crippen LogP contribution in [0.2, 0.25) is 0 Å². The van der Waals surface area contributed by atoms with Gasteiger partial charge in [-0.15, -0.1) is 0 Å². The average molecular weight is 166 g/mol. The first-order valence-electron chi connectivity index (χ1n) is 4.70. The second kappa shape index (κ2) is 4.46. The SMILES string of the molecule is CC(C)=CCC1=CCCC[C@H]1O. The van der Waals surface area contributed by atoms with E-state index in [1.807, 2.05) is 0 Å². The van der Waals surface area contributed by atoms with Crippen molar-refractivity contribution in [3.05, 3.63) is 23.3 Å². The summed E-state index contributed by atoms with van der Waals surface area (Å²) in [6.07, 6.45) is 8.36. The third-order valence-corrected chi connectivity index (χ3v) is 2.26. The Morgan fingerprint density at radius 2 is 2.42 bits per heavy atom. The third-order valence-electron chi connectivity index (χ3n) is 2.26. The first-order chi connectivity index (χ1) is 5.70. The lowest BCUT2D eigenvalue weighted by Gasteiger charge is -2.18. The second-order valence-electron chi connectivity index (χ2n) is 3.71. The zero-order valence-electron chi connectivity index (χ0n) is 8.01. The normalized spacial score (nSPS) is 23.2. The molecule has 68 valence electrons. The van der Waals surface area contributed by atoms with Crippen molar-refractivity contribution < 1.29 is 5.11 Å². The molecule has 1 rings (SSSR count). The molecule has 0 saturated heterocycles. The van der Waals surface area contributed by atoms with E-state index in [0.717, 1.165) is 25.7 Å². The Bertz CT molecular complexity index is 197. The van der Waals surface area contributed by atoms with Crippen LogP contribution in [-0.2, 0) is 0 Å². The van der Waals surface area contributed by atoms with E-state index in [4.69, 9.17) is 0 Å². The highest BCUT2D eigenvalue weighted by atomic mass is 16.3. The van der Waals surface area contributed by atoms with E-state index in [1.54, 1.807) is 0 Å². The van der Waals surface area contributed by atoms with E-state index in [0.29, 0.717) is 0 Å². The second-order valence-corrected chi connectivity index (χ2v) is 3.71. The van der Waals surface area contributed by atoms with Crippen molar-refractivity contribution in [2.24, 2.45) is 0 Å². The molecule has 1 nitrogen and oxygen atoms in total. The van der Waals surface area contributed by atoms with Crippen molar-refractivity contribution in [1.29, 1.82) is 0 Å². The molecular weight excluding hydrogens is 148 g/mol. The number of rotatable bonds is 2. The Labute approximate surface area is 74.8 Å². The molecule has 0 bridgehead atoms. The van der Waals surface area contributed by atoms with Crippen molar-refractivity contribution in [3.63, 3.8) is 0 Å². The zero-order valence-corrected chi connectivity index (χ0v) is 8.01. The van der Waals surface area contributed by atoms with Gasteiger partial charge in [0.15, 0.2) is 0 Å². The molecule has 0 saturated carbocycles. The van der Waals surface area contributed by atoms with E-state index >= 15 is 0 Å². The topological polar surface area (TPSA) is 20.2 Å². The highest BCUT2D eigenvalue weighted by molar-refractivity contribution is 5.16. The molecular formula is C11H18O. The predicted molar refractivity (Wildman–Crippen MR) is 52.0 cm³/mol. The van der Waals surface area contributed by atoms with Crippen molar-refractivity contribution >= 4 is 0 Å². The van der Waals surface area contributed by atoms with Crippen LogP contribution < -0.4 is 0 Å². The van der Waals surface area contributed by atoms with Gasteiger partial charge in [-0.2, -0.15) is 0 Å². The molecule has 0 radical (unpaired) electrons. The maximum Gasteiger partial charge on any atom is 0.0753 e. The minimum atomic E-state index is -0.172. The van der Waals surface area contributed by atoms with Gasteiger partial charge in [0.1, 0.15) is 0 Å². The molecule has 0 heterocycles. The Hall–Kier alpha value is -0.560. The molecule has 0 aromatic heterocycles. The van der Waals surface area contributed by atoms with Gasteiger partial charge in [0, 0.05) is 0 Å². The third kappa shape index (κ3) is 2.82. The molecule has 1 aliphatic carbocycles. The Balaban J connectivity index is 2.50. The Kier molecular flexibility index (Phi) is 3.54. The summed E-state index contributed by atoms with van der Waals surface area (Å²) in [6.45, 7) is 4.19. The standard InChI is InChI=1S/C11H18O/c1-9(2)7-8-10-5-3-4-6-11(10)12/h5,7,11-12H,3-4,6,8H2,1-2H3/t11-/m1/s1. The zero-order chi connectivity index (χ0) is 8.97. The van der Waals surface area contributed by atoms with Gasteiger partial charge in [0.2, 0.25) is 0 Å². The lowest BCUT2D eigenvalue weighted by atomic mass is 9.94. The van der Waals surface area contributed by atoms with E-state index in [1.165, 1.54) is 11.1 Å². The monoisotopic (exact) mass is 166 g/mol. The van der Waals surface area contributed by atoms with Gasteiger partial charge in [0.05, 0.1) is 6.10 Å². The number of hydrogen-bond acceptors (Lipinski definition) is 1. The molecule has 12 heavy (non-hydrogen) atoms. The van der Waals surface area contributed by atoms with Crippen LogP contribution in [0.1, 0.15) is 39.5 Å². The average Bonchev–Trinajstić information content (AvgIpc) is 2.03. The molecule has 1 atom stereocenters. The lowest BCUT2D eigenvalue weighted by Crippen LogP contribution is -2.13. The quantitative estimate of drug-likeness (QED) is 0.625. The van der Waals surface area contributed by atoms with Crippen LogP contribution in [0.15, 0.2) is 23.3 Å². The smallest absolute Gasteiger partial charge is 0.0753 e. The largest absolute Gasteiger partial charge is 0.389 e. The Morgan fingerprint density at radius 1 is 1.67 bits per heavy atom. The number of aliphatic hydroxyl groups is 1. The van der Waals surface area contributed by atoms with Gasteiger partial charge >= 0.3 is 0 Å². The molecule has 0 amide bonds. The molecule has 0 unspecified atom stereocenters. The number of aliphatic hydroxyl groups excluding tert-OH is 1. The maximum absolute atomic E-state index is 9.58. The number of allylic oxidation sites excluding steroid dienone is 3. The molecule has 0 aliphatic heterocycles. The van der Waals surface area contributed by atoms with Gasteiger partial charge in [-0.1, -0.05) is 17.7 Å². The van der Waals surface area contributed by atoms with E-state index in [-0.39, 0.29) is 6.10 Å². The van der Waals surface area contributed by atoms with Crippen LogP contribution in [-0.4, -0.2) is 11.2 Å². The summed E-state index contributed by atoms with van der Waals surface area (Å²) >= 11 is 0. The van der Waals surface area contributed by atoms with Crippen LogP contribution in [0, 0.1) is 0 Å². The summed E-state index contributed by atoms with van der Waals surface area (Å²) in [4.78, 5) is 0. The Morgan fingerprint density at radius 3 is 3.00 bits per heavy atom. The molecule has 0 fully saturated rings. The van der Waals surface area contributed by atoms with Crippen LogP contribution in [0.25, 0.3) is 0 Å². The summed E-state index contributed by atoms with van der Waals surface area (Å²) in [5.41, 5.74) is 2.54. The van der Waals surface area contributed by atoms with E-state index < -0.39 is 0 Å². The maximum atomic E-state index is 9.58. The van der Waals surface area contributed by atoms with Crippen molar-refractivity contribution in [3.8, 4) is 0 Å². The summed E-state index contributed by atoms with van der Waals surface area (Å²) in [5.74, 6) is 0. The fraction of sp³-hybridized carbons (Fsp3) is 0.636.